The van der Waals surface area contributed by atoms with Gasteiger partial charge in [-0.25, -0.2) is 31.4 Å². The zero-order valence-electron chi connectivity index (χ0n) is 63.8. The number of anilines is 5. The summed E-state index contributed by atoms with van der Waals surface area (Å²) < 4.78 is 11.2. The first-order valence-electron chi connectivity index (χ1n) is 35.6. The molecule has 4 atom stereocenters. The van der Waals surface area contributed by atoms with Gasteiger partial charge in [-0.05, 0) is 144 Å². The molecule has 0 aliphatic rings. The fourth-order valence-electron chi connectivity index (χ4n) is 11.0. The molecule has 0 spiro atoms. The normalized spacial score (nSPS) is 11.7. The van der Waals surface area contributed by atoms with Crippen LogP contribution in [0.3, 0.4) is 0 Å². The van der Waals surface area contributed by atoms with Gasteiger partial charge in [0.15, 0.2) is 27.0 Å². The van der Waals surface area contributed by atoms with Gasteiger partial charge >= 0.3 is 0 Å². The average molecular weight is 1710 g/mol. The summed E-state index contributed by atoms with van der Waals surface area (Å²) in [5, 5.41) is 58.9. The molecule has 3 heterocycles. The largest absolute Gasteiger partial charge is 0.497 e. The number of hydrogen-bond acceptors (Lipinski definition) is 23. The number of aliphatic hydroxyl groups excluding tert-OH is 2. The Hall–Kier alpha value is -11.1. The van der Waals surface area contributed by atoms with Crippen molar-refractivity contribution in [2.24, 2.45) is 11.3 Å². The number of carbonyl (C=O) groups excluding carboxylic acids is 10. The van der Waals surface area contributed by atoms with Crippen molar-refractivity contribution in [2.75, 3.05) is 60.6 Å². The predicted octanol–water partition coefficient (Wildman–Crippen LogP) is 14.5. The summed E-state index contributed by atoms with van der Waals surface area (Å²) in [7, 11) is 3.19. The Morgan fingerprint density at radius 2 is 0.878 bits per heavy atom. The summed E-state index contributed by atoms with van der Waals surface area (Å²) in [6.45, 7) is 10.9. The molecule has 0 radical (unpaired) electrons. The lowest BCUT2D eigenvalue weighted by atomic mass is 9.85. The molecule has 0 aliphatic heterocycles. The molecule has 606 valence electrons. The summed E-state index contributed by atoms with van der Waals surface area (Å²) in [4.78, 5) is 132. The van der Waals surface area contributed by atoms with E-state index in [1.165, 1.54) is 48.3 Å². The van der Waals surface area contributed by atoms with E-state index in [0.717, 1.165) is 72.0 Å². The molecule has 33 heteroatoms. The molecule has 7 aromatic carbocycles. The van der Waals surface area contributed by atoms with Crippen LogP contribution in [0.2, 0.25) is 5.02 Å². The lowest BCUT2D eigenvalue weighted by Crippen LogP contribution is -2.32. The highest BCUT2D eigenvalue weighted by Crippen LogP contribution is 2.32. The lowest BCUT2D eigenvalue weighted by Gasteiger charge is -2.22. The van der Waals surface area contributed by atoms with Gasteiger partial charge in [-0.1, -0.05) is 200 Å². The molecule has 0 bridgehead atoms. The molecule has 10 rings (SSSR count). The smallest absolute Gasteiger partial charge is 0.286 e. The number of methoxy groups -OCH3 is 2. The van der Waals surface area contributed by atoms with Crippen molar-refractivity contribution >= 4 is 147 Å². The quantitative estimate of drug-likeness (QED) is 0.0113. The Kier molecular flexibility index (Phi) is 38.3. The maximum Gasteiger partial charge on any atom is 0.286 e. The van der Waals surface area contributed by atoms with Crippen LogP contribution in [-0.4, -0.2) is 134 Å². The van der Waals surface area contributed by atoms with Crippen LogP contribution in [0.15, 0.2) is 205 Å². The number of amides is 8. The number of ketones is 2. The molecule has 0 saturated heterocycles. The number of halogens is 2. The van der Waals surface area contributed by atoms with E-state index in [-0.39, 0.29) is 64.0 Å². The minimum absolute atomic E-state index is 0.102. The Bertz CT molecular complexity index is 4810. The highest BCUT2D eigenvalue weighted by molar-refractivity contribution is 9.10. The van der Waals surface area contributed by atoms with E-state index in [4.69, 9.17) is 46.9 Å². The number of aliphatic hydroxyl groups is 2. The monoisotopic (exact) mass is 1710 g/mol. The molecule has 3 aromatic heterocycles. The number of carbonyl (C=O) groups is 10. The first-order chi connectivity index (χ1) is 55.1. The van der Waals surface area contributed by atoms with Crippen LogP contribution in [0, 0.1) is 11.3 Å². The molecule has 0 fully saturated rings. The van der Waals surface area contributed by atoms with Crippen molar-refractivity contribution in [1.82, 2.24) is 31.4 Å². The van der Waals surface area contributed by atoms with Gasteiger partial charge in [0.05, 0.1) is 59.1 Å². The molecular formula is C82H89BrClN11O17S3. The van der Waals surface area contributed by atoms with E-state index in [9.17, 15) is 47.9 Å². The van der Waals surface area contributed by atoms with E-state index >= 15 is 0 Å². The van der Waals surface area contributed by atoms with Crippen LogP contribution >= 0.6 is 61.5 Å². The lowest BCUT2D eigenvalue weighted by molar-refractivity contribution is -0.124. The number of thiazole rings is 3. The molecule has 0 saturated carbocycles. The summed E-state index contributed by atoms with van der Waals surface area (Å²) in [6.07, 6.45) is 6.46. The van der Waals surface area contributed by atoms with E-state index < -0.39 is 47.9 Å². The third kappa shape index (κ3) is 29.3. The zero-order chi connectivity index (χ0) is 84.2. The van der Waals surface area contributed by atoms with Crippen LogP contribution in [0.1, 0.15) is 162 Å². The summed E-state index contributed by atoms with van der Waals surface area (Å²) >= 11 is 12.4. The van der Waals surface area contributed by atoms with Crippen LogP contribution in [0.5, 0.6) is 5.75 Å². The number of rotatable bonds is 30. The minimum atomic E-state index is -0.651. The van der Waals surface area contributed by atoms with Gasteiger partial charge in [-0.3, -0.25) is 63.6 Å². The molecule has 0 aliphatic carbocycles. The maximum atomic E-state index is 12.7. The molecular weight excluding hydrogens is 1620 g/mol. The number of nitrogens with zero attached hydrogens (tertiary/aromatic N) is 3. The molecule has 115 heavy (non-hydrogen) atoms. The van der Waals surface area contributed by atoms with Gasteiger partial charge in [0, 0.05) is 51.1 Å². The summed E-state index contributed by atoms with van der Waals surface area (Å²) in [5.41, 5.74) is 10.5. The number of ether oxygens (including phenoxy) is 2. The van der Waals surface area contributed by atoms with Crippen LogP contribution in [0.4, 0.5) is 26.8 Å². The van der Waals surface area contributed by atoms with Crippen molar-refractivity contribution in [3.63, 3.8) is 0 Å². The third-order valence-corrected chi connectivity index (χ3v) is 20.6. The van der Waals surface area contributed by atoms with Gasteiger partial charge in [-0.15, -0.1) is 0 Å². The molecule has 8 amide bonds. The van der Waals surface area contributed by atoms with Crippen LogP contribution in [0.25, 0.3) is 0 Å². The summed E-state index contributed by atoms with van der Waals surface area (Å²) in [6, 6.07) is 54.0. The number of hydrogen-bond donors (Lipinski definition) is 13. The van der Waals surface area contributed by atoms with E-state index in [1.807, 2.05) is 163 Å². The SMILES string of the molecule is CC(C)(Cc1ccccc1)C(=O)Nc1ncc(C(=O)NO)s1.CC(C)C(C(=O)Nc1ccc(C(=O)NO)cc1)c1ccc(Cl)cc1.CCC(C(=O)Nc1ccc(C(=O)NO)cc1)c1ccc(OC)cc1.CCC(C(=O)Nc1ncc(C(=O)CO)s1)c1ccc(Br)cc1.COCCC(C(=O)Nc1ncc(C(=O)CO)s1)c1ccccc1. The first-order valence-corrected chi connectivity index (χ1v) is 39.2. The number of Topliss-reactive ketones (excluding diaryl/α,β-unsaturated/α-hetero) is 2. The topological polar surface area (TPSA) is 425 Å². The number of aromatic nitrogens is 3. The van der Waals surface area contributed by atoms with Gasteiger partial charge < -0.3 is 46.3 Å². The van der Waals surface area contributed by atoms with E-state index in [2.05, 4.69) is 57.5 Å². The molecule has 28 nitrogen and oxygen atoms in total. The second-order valence-electron chi connectivity index (χ2n) is 26.0. The zero-order valence-corrected chi connectivity index (χ0v) is 68.6. The van der Waals surface area contributed by atoms with Gasteiger partial charge in [0.25, 0.3) is 17.7 Å². The van der Waals surface area contributed by atoms with Crippen molar-refractivity contribution in [2.45, 2.75) is 90.9 Å². The Balaban J connectivity index is 0.000000224. The van der Waals surface area contributed by atoms with Crippen molar-refractivity contribution in [3.05, 3.63) is 264 Å². The fraction of sp³-hybridized carbons (Fsp3) is 0.256. The number of hydroxylamine groups is 3. The van der Waals surface area contributed by atoms with Crippen LogP contribution in [-0.2, 0) is 35.1 Å². The second-order valence-corrected chi connectivity index (χ2v) is 30.4. The Morgan fingerprint density at radius 3 is 1.31 bits per heavy atom. The molecule has 4 unspecified atom stereocenters. The number of benzene rings is 7. The van der Waals surface area contributed by atoms with Gasteiger partial charge in [-0.2, -0.15) is 0 Å². The van der Waals surface area contributed by atoms with E-state index in [0.29, 0.717) is 85.0 Å². The predicted molar refractivity (Wildman–Crippen MR) is 445 cm³/mol. The van der Waals surface area contributed by atoms with Gasteiger partial charge in [0.2, 0.25) is 29.5 Å². The maximum absolute atomic E-state index is 12.7. The highest BCUT2D eigenvalue weighted by atomic mass is 79.9. The highest BCUT2D eigenvalue weighted by Gasteiger charge is 2.30. The fourth-order valence-corrected chi connectivity index (χ4v) is 13.5. The van der Waals surface area contributed by atoms with Crippen LogP contribution < -0.4 is 47.8 Å². The first kappa shape index (κ1) is 92.7. The van der Waals surface area contributed by atoms with Crippen molar-refractivity contribution in [3.8, 4) is 5.75 Å². The molecule has 10 aromatic rings. The summed E-state index contributed by atoms with van der Waals surface area (Å²) in [5.74, 6) is -3.88. The Morgan fingerprint density at radius 1 is 0.478 bits per heavy atom. The third-order valence-electron chi connectivity index (χ3n) is 17.0. The molecule has 13 N–H and O–H groups in total. The van der Waals surface area contributed by atoms with Crippen molar-refractivity contribution < 1.29 is 83.3 Å². The average Bonchev–Trinajstić information content (AvgIpc) is 1.82. The second kappa shape index (κ2) is 47.5. The number of nitrogens with one attached hydrogen (secondary N) is 8. The minimum Gasteiger partial charge on any atom is -0.497 e. The van der Waals surface area contributed by atoms with Crippen molar-refractivity contribution in [1.29, 1.82) is 0 Å². The Labute approximate surface area is 689 Å². The van der Waals surface area contributed by atoms with E-state index in [1.54, 1.807) is 61.6 Å². The van der Waals surface area contributed by atoms with Gasteiger partial charge in [0.1, 0.15) is 23.8 Å². The standard InChI is InChI=1S/C18H19ClN2O3.C18H20N2O4.C16H18N2O4S.C15H15BrN2O3S.C15H17N3O3S/c1-11(2)16(12-3-7-14(19)8-4-12)18(23)20-15-9-5-13(6-10-15)17(22)21-24;1-3-16(12-6-10-15(24-2)11-7-12)18(22)19-14-8-4-13(5-9-14)17(21)20-23;1-22-8-7-12(11-5-3-2-4-6-11)15(21)18-16-17-9-14(23-16)13(20)10-19;1-2-11(9-3-5-10(16)6-4-9)14(21)18-15-17-7-13(22-15)12(20)8-19;1-15(2,8-10-6-4-3-5-7-10)13(20)17-14-16-9-11(22-14)12(19)18-21/h3-11,16,24H,1-2H3,(H,20,23)(H,21,22);4-11,16,23H,3H2,1-2H3,(H,19,22)(H,20,21);2-6,9,12,19H,7-8,10H2,1H3,(H,17,18,21);3-7,11,19H,2,8H2,1H3,(H,17,18,21);3-7,9,21H,8H2,1-2H3,(H,18,19)(H,16,17,20).